The van der Waals surface area contributed by atoms with E-state index in [1.807, 2.05) is 27.0 Å². The molecule has 0 aromatic carbocycles. The van der Waals surface area contributed by atoms with Crippen LogP contribution in [0.15, 0.2) is 11.2 Å². The summed E-state index contributed by atoms with van der Waals surface area (Å²) in [4.78, 5) is 22.2. The van der Waals surface area contributed by atoms with E-state index in [0.29, 0.717) is 29.3 Å². The summed E-state index contributed by atoms with van der Waals surface area (Å²) >= 11 is 7.37. The summed E-state index contributed by atoms with van der Waals surface area (Å²) in [6.45, 7) is 6.72. The van der Waals surface area contributed by atoms with Crippen LogP contribution in [0.4, 0.5) is 4.79 Å². The van der Waals surface area contributed by atoms with Gasteiger partial charge in [-0.1, -0.05) is 23.4 Å². The molecule has 0 aliphatic carbocycles. The van der Waals surface area contributed by atoms with Crippen molar-refractivity contribution in [3.8, 4) is 5.88 Å². The average Bonchev–Trinajstić information content (AvgIpc) is 2.45. The van der Waals surface area contributed by atoms with E-state index in [1.54, 1.807) is 11.0 Å². The van der Waals surface area contributed by atoms with Crippen molar-refractivity contribution in [1.82, 2.24) is 14.9 Å². The Balaban J connectivity index is 1.99. The van der Waals surface area contributed by atoms with Crippen molar-refractivity contribution in [2.75, 3.05) is 19.3 Å². The summed E-state index contributed by atoms with van der Waals surface area (Å²) in [5, 5.41) is 0.909. The Morgan fingerprint density at radius 3 is 2.83 bits per heavy atom. The third-order valence-corrected chi connectivity index (χ3v) is 3.89. The van der Waals surface area contributed by atoms with Gasteiger partial charge in [0.15, 0.2) is 5.16 Å². The Bertz CT molecular complexity index is 565. The van der Waals surface area contributed by atoms with E-state index < -0.39 is 5.60 Å². The molecule has 0 N–H and O–H groups in total. The topological polar surface area (TPSA) is 64.5 Å². The van der Waals surface area contributed by atoms with Crippen LogP contribution >= 0.6 is 23.4 Å². The first kappa shape index (κ1) is 18.1. The lowest BCUT2D eigenvalue weighted by molar-refractivity contribution is 0.00713. The molecule has 128 valence electrons. The highest BCUT2D eigenvalue weighted by atomic mass is 35.5. The fraction of sp³-hybridized carbons (Fsp3) is 0.667. The molecule has 6 nitrogen and oxygen atoms in total. The Labute approximate surface area is 145 Å². The number of carbonyl (C=O) groups excluding carboxylic acids is 1. The number of aromatic nitrogens is 2. The lowest BCUT2D eigenvalue weighted by atomic mass is 10.1. The van der Waals surface area contributed by atoms with Gasteiger partial charge in [0, 0.05) is 12.6 Å². The van der Waals surface area contributed by atoms with Crippen molar-refractivity contribution in [2.24, 2.45) is 0 Å². The van der Waals surface area contributed by atoms with E-state index in [2.05, 4.69) is 9.97 Å². The van der Waals surface area contributed by atoms with E-state index in [9.17, 15) is 4.79 Å². The first-order valence-corrected chi connectivity index (χ1v) is 9.10. The quantitative estimate of drug-likeness (QED) is 0.466. The number of halogens is 1. The number of hydrogen-bond donors (Lipinski definition) is 0. The molecule has 23 heavy (non-hydrogen) atoms. The maximum atomic E-state index is 12.2. The molecule has 2 heterocycles. The van der Waals surface area contributed by atoms with E-state index >= 15 is 0 Å². The molecule has 0 bridgehead atoms. The van der Waals surface area contributed by atoms with Gasteiger partial charge in [-0.05, 0) is 39.9 Å². The molecule has 1 aromatic rings. The molecule has 1 aliphatic rings. The zero-order chi connectivity index (χ0) is 17.0. The van der Waals surface area contributed by atoms with Crippen molar-refractivity contribution in [3.63, 3.8) is 0 Å². The minimum Gasteiger partial charge on any atom is -0.472 e. The lowest BCUT2D eigenvalue weighted by Gasteiger charge is -2.33. The first-order chi connectivity index (χ1) is 10.8. The smallest absolute Gasteiger partial charge is 0.410 e. The van der Waals surface area contributed by atoms with E-state index in [1.165, 1.54) is 11.8 Å². The van der Waals surface area contributed by atoms with Crippen LogP contribution in [0.5, 0.6) is 5.88 Å². The number of carbonyl (C=O) groups is 1. The molecule has 1 aliphatic heterocycles. The van der Waals surface area contributed by atoms with Crippen LogP contribution in [0.2, 0.25) is 5.15 Å². The van der Waals surface area contributed by atoms with Crippen LogP contribution in [0, 0.1) is 0 Å². The minimum atomic E-state index is -0.502. The number of hydrogen-bond acceptors (Lipinski definition) is 6. The second kappa shape index (κ2) is 7.57. The average molecular weight is 360 g/mol. The van der Waals surface area contributed by atoms with Crippen molar-refractivity contribution >= 4 is 29.5 Å². The number of piperidine rings is 1. The molecular formula is C15H22ClN3O3S. The van der Waals surface area contributed by atoms with Crippen LogP contribution in [0.1, 0.15) is 33.6 Å². The SMILES string of the molecule is CSc1nc(Cl)cc(O[C@H]2CCCN(C(=O)OC(C)(C)C)C2)n1. The molecule has 1 fully saturated rings. The van der Waals surface area contributed by atoms with Crippen LogP contribution < -0.4 is 4.74 Å². The van der Waals surface area contributed by atoms with Crippen LogP contribution in [-0.2, 0) is 4.74 Å². The van der Waals surface area contributed by atoms with Gasteiger partial charge in [-0.15, -0.1) is 0 Å². The lowest BCUT2D eigenvalue weighted by Crippen LogP contribution is -2.46. The molecule has 1 saturated heterocycles. The third-order valence-electron chi connectivity index (χ3n) is 3.15. The highest BCUT2D eigenvalue weighted by Crippen LogP contribution is 2.23. The predicted molar refractivity (Wildman–Crippen MR) is 90.3 cm³/mol. The second-order valence-corrected chi connectivity index (χ2v) is 7.48. The first-order valence-electron chi connectivity index (χ1n) is 7.50. The zero-order valence-corrected chi connectivity index (χ0v) is 15.4. The fourth-order valence-electron chi connectivity index (χ4n) is 2.23. The minimum absolute atomic E-state index is 0.128. The van der Waals surface area contributed by atoms with Gasteiger partial charge < -0.3 is 14.4 Å². The zero-order valence-electron chi connectivity index (χ0n) is 13.8. The third kappa shape index (κ3) is 5.73. The summed E-state index contributed by atoms with van der Waals surface area (Å²) in [6, 6.07) is 1.59. The van der Waals surface area contributed by atoms with Crippen molar-refractivity contribution < 1.29 is 14.3 Å². The number of rotatable bonds is 3. The standard InChI is InChI=1S/C15H22ClN3O3S/c1-15(2,3)22-14(20)19-7-5-6-10(9-19)21-12-8-11(16)17-13(18-12)23-4/h8,10H,5-7,9H2,1-4H3/t10-/m0/s1. The molecule has 1 aromatic heterocycles. The van der Waals surface area contributed by atoms with Gasteiger partial charge in [-0.2, -0.15) is 4.98 Å². The number of thioether (sulfide) groups is 1. The van der Waals surface area contributed by atoms with E-state index in [4.69, 9.17) is 21.1 Å². The van der Waals surface area contributed by atoms with Gasteiger partial charge in [-0.3, -0.25) is 0 Å². The maximum absolute atomic E-state index is 12.2. The van der Waals surface area contributed by atoms with E-state index in [0.717, 1.165) is 12.8 Å². The molecule has 1 amide bonds. The Morgan fingerprint density at radius 1 is 1.43 bits per heavy atom. The van der Waals surface area contributed by atoms with Crippen LogP contribution in [0.3, 0.4) is 0 Å². The van der Waals surface area contributed by atoms with Crippen LogP contribution in [-0.4, -0.2) is 52.0 Å². The summed E-state index contributed by atoms with van der Waals surface area (Å²) < 4.78 is 11.3. The summed E-state index contributed by atoms with van der Waals surface area (Å²) in [5.74, 6) is 0.436. The van der Waals surface area contributed by atoms with Crippen molar-refractivity contribution in [2.45, 2.75) is 50.5 Å². The molecule has 0 unspecified atom stereocenters. The predicted octanol–water partition coefficient (Wildman–Crippen LogP) is 3.63. The van der Waals surface area contributed by atoms with Gasteiger partial charge in [0.2, 0.25) is 5.88 Å². The Hall–Kier alpha value is -1.21. The second-order valence-electron chi connectivity index (χ2n) is 6.32. The number of nitrogens with zero attached hydrogens (tertiary/aromatic N) is 3. The normalized spacial score (nSPS) is 18.7. The van der Waals surface area contributed by atoms with Gasteiger partial charge in [0.05, 0.1) is 6.54 Å². The summed E-state index contributed by atoms with van der Waals surface area (Å²) in [5.41, 5.74) is -0.502. The molecule has 1 atom stereocenters. The molecule has 0 radical (unpaired) electrons. The Morgan fingerprint density at radius 2 is 2.17 bits per heavy atom. The molecule has 0 saturated carbocycles. The van der Waals surface area contributed by atoms with Crippen LogP contribution in [0.25, 0.3) is 0 Å². The summed E-state index contributed by atoms with van der Waals surface area (Å²) in [6.07, 6.45) is 3.15. The van der Waals surface area contributed by atoms with Gasteiger partial charge >= 0.3 is 6.09 Å². The molecule has 0 spiro atoms. The molecule has 8 heteroatoms. The highest BCUT2D eigenvalue weighted by Gasteiger charge is 2.28. The number of likely N-dealkylation sites (tertiary alicyclic amines) is 1. The molecule has 2 rings (SSSR count). The van der Waals surface area contributed by atoms with Crippen molar-refractivity contribution in [3.05, 3.63) is 11.2 Å². The van der Waals surface area contributed by atoms with Crippen molar-refractivity contribution in [1.29, 1.82) is 0 Å². The molecular weight excluding hydrogens is 338 g/mol. The number of ether oxygens (including phenoxy) is 2. The monoisotopic (exact) mass is 359 g/mol. The van der Waals surface area contributed by atoms with Gasteiger partial charge in [0.25, 0.3) is 0 Å². The largest absolute Gasteiger partial charge is 0.472 e. The highest BCUT2D eigenvalue weighted by molar-refractivity contribution is 7.98. The maximum Gasteiger partial charge on any atom is 0.410 e. The van der Waals surface area contributed by atoms with E-state index in [-0.39, 0.29) is 12.2 Å². The number of amides is 1. The van der Waals surface area contributed by atoms with Gasteiger partial charge in [0.1, 0.15) is 16.9 Å². The fourth-order valence-corrected chi connectivity index (χ4v) is 2.82. The van der Waals surface area contributed by atoms with Gasteiger partial charge in [-0.25, -0.2) is 9.78 Å². The summed E-state index contributed by atoms with van der Waals surface area (Å²) in [7, 11) is 0. The Kier molecular flexibility index (Phi) is 5.97.